The lowest BCUT2D eigenvalue weighted by Gasteiger charge is -2.31. The summed E-state index contributed by atoms with van der Waals surface area (Å²) in [6.07, 6.45) is -0.935. The molecule has 0 unspecified atom stereocenters. The van der Waals surface area contributed by atoms with Crippen LogP contribution in [0.1, 0.15) is 30.2 Å². The number of carbonyl (C=O) groups is 1. The molecule has 0 spiro atoms. The molecule has 0 bridgehead atoms. The fourth-order valence-corrected chi connectivity index (χ4v) is 2.90. The maximum Gasteiger partial charge on any atom is 0.269 e. The number of nitrogens with zero attached hydrogens (tertiary/aromatic N) is 2. The molecule has 0 aliphatic carbocycles. The molecule has 0 heterocycles. The average molecular weight is 407 g/mol. The number of non-ortho nitro benzene ring substituents is 1. The van der Waals surface area contributed by atoms with Crippen molar-refractivity contribution in [1.82, 2.24) is 4.90 Å². The van der Waals surface area contributed by atoms with E-state index in [0.717, 1.165) is 5.56 Å². The molecule has 1 amide bonds. The van der Waals surface area contributed by atoms with Crippen molar-refractivity contribution in [3.8, 4) is 0 Å². The standard InChI is InChI=1S/C18H19BrN2O4/c1-13(14-5-3-2-4-6-14)20(18(23)11-19)12-17(22)15-7-9-16(10-8-15)21(24)25/h2-10,13,17,22H,11-12H2,1H3/t13-,17+/m0/s1. The summed E-state index contributed by atoms with van der Waals surface area (Å²) in [5.74, 6) is -0.141. The summed E-state index contributed by atoms with van der Waals surface area (Å²) >= 11 is 3.18. The molecule has 0 radical (unpaired) electrons. The molecule has 2 aromatic carbocycles. The molecule has 2 aromatic rings. The number of carbonyl (C=O) groups excluding carboxylic acids is 1. The molecule has 0 fully saturated rings. The predicted molar refractivity (Wildman–Crippen MR) is 98.4 cm³/mol. The maximum atomic E-state index is 12.3. The summed E-state index contributed by atoms with van der Waals surface area (Å²) in [5, 5.41) is 21.4. The van der Waals surface area contributed by atoms with Crippen LogP contribution < -0.4 is 0 Å². The van der Waals surface area contributed by atoms with Crippen molar-refractivity contribution < 1.29 is 14.8 Å². The Bertz CT molecular complexity index is 722. The minimum Gasteiger partial charge on any atom is -0.387 e. The monoisotopic (exact) mass is 406 g/mol. The second-order valence-electron chi connectivity index (χ2n) is 5.63. The van der Waals surface area contributed by atoms with Crippen LogP contribution >= 0.6 is 15.9 Å². The fraction of sp³-hybridized carbons (Fsp3) is 0.278. The van der Waals surface area contributed by atoms with Crippen LogP contribution in [0.25, 0.3) is 0 Å². The molecular formula is C18H19BrN2O4. The van der Waals surface area contributed by atoms with Gasteiger partial charge in [-0.3, -0.25) is 14.9 Å². The minimum atomic E-state index is -0.935. The molecule has 0 aliphatic heterocycles. The Morgan fingerprint density at radius 3 is 2.28 bits per heavy atom. The number of alkyl halides is 1. The van der Waals surface area contributed by atoms with Gasteiger partial charge in [-0.05, 0) is 30.2 Å². The minimum absolute atomic E-state index is 0.0398. The first-order valence-electron chi connectivity index (χ1n) is 7.76. The van der Waals surface area contributed by atoms with E-state index in [-0.39, 0.29) is 29.5 Å². The van der Waals surface area contributed by atoms with Crippen molar-refractivity contribution in [3.63, 3.8) is 0 Å². The zero-order chi connectivity index (χ0) is 18.4. The Morgan fingerprint density at radius 1 is 1.16 bits per heavy atom. The van der Waals surface area contributed by atoms with Gasteiger partial charge >= 0.3 is 0 Å². The van der Waals surface area contributed by atoms with Crippen LogP contribution in [0.15, 0.2) is 54.6 Å². The fourth-order valence-electron chi connectivity index (χ4n) is 2.57. The predicted octanol–water partition coefficient (Wildman–Crippen LogP) is 3.61. The van der Waals surface area contributed by atoms with Gasteiger partial charge < -0.3 is 10.0 Å². The molecule has 25 heavy (non-hydrogen) atoms. The van der Waals surface area contributed by atoms with E-state index in [2.05, 4.69) is 15.9 Å². The summed E-state index contributed by atoms with van der Waals surface area (Å²) in [6.45, 7) is 2.00. The summed E-state index contributed by atoms with van der Waals surface area (Å²) in [7, 11) is 0. The highest BCUT2D eigenvalue weighted by Gasteiger charge is 2.24. The largest absolute Gasteiger partial charge is 0.387 e. The first-order chi connectivity index (χ1) is 11.9. The first kappa shape index (κ1) is 19.1. The normalized spacial score (nSPS) is 13.1. The van der Waals surface area contributed by atoms with Crippen molar-refractivity contribution in [2.45, 2.75) is 19.1 Å². The van der Waals surface area contributed by atoms with Crippen molar-refractivity contribution in [2.24, 2.45) is 0 Å². The molecule has 0 aliphatic rings. The quantitative estimate of drug-likeness (QED) is 0.432. The summed E-state index contributed by atoms with van der Waals surface area (Å²) in [6, 6.07) is 15.0. The highest BCUT2D eigenvalue weighted by Crippen LogP contribution is 2.25. The van der Waals surface area contributed by atoms with Crippen LogP contribution in [0.2, 0.25) is 0 Å². The zero-order valence-electron chi connectivity index (χ0n) is 13.7. The number of hydrogen-bond donors (Lipinski definition) is 1. The first-order valence-corrected chi connectivity index (χ1v) is 8.89. The SMILES string of the molecule is C[C@@H](c1ccccc1)N(C[C@@H](O)c1ccc([N+](=O)[O-])cc1)C(=O)CBr. The van der Waals surface area contributed by atoms with Crippen LogP contribution in [0.4, 0.5) is 5.69 Å². The molecule has 1 N–H and O–H groups in total. The third-order valence-corrected chi connectivity index (χ3v) is 4.52. The second kappa shape index (κ2) is 8.73. The molecule has 132 valence electrons. The van der Waals surface area contributed by atoms with Crippen molar-refractivity contribution in [3.05, 3.63) is 75.8 Å². The van der Waals surface area contributed by atoms with Gasteiger partial charge in [-0.2, -0.15) is 0 Å². The van der Waals surface area contributed by atoms with Crippen LogP contribution in [0.5, 0.6) is 0 Å². The van der Waals surface area contributed by atoms with Crippen LogP contribution in [-0.2, 0) is 4.79 Å². The third-order valence-electron chi connectivity index (χ3n) is 4.04. The molecule has 2 rings (SSSR count). The van der Waals surface area contributed by atoms with Gasteiger partial charge in [-0.15, -0.1) is 0 Å². The van der Waals surface area contributed by atoms with E-state index in [0.29, 0.717) is 5.56 Å². The Kier molecular flexibility index (Phi) is 6.66. The Labute approximate surface area is 154 Å². The highest BCUT2D eigenvalue weighted by molar-refractivity contribution is 9.09. The van der Waals surface area contributed by atoms with Gasteiger partial charge in [0, 0.05) is 12.1 Å². The van der Waals surface area contributed by atoms with Gasteiger partial charge in [0.15, 0.2) is 0 Å². The highest BCUT2D eigenvalue weighted by atomic mass is 79.9. The van der Waals surface area contributed by atoms with Gasteiger partial charge in [0.05, 0.1) is 28.9 Å². The van der Waals surface area contributed by atoms with E-state index in [1.807, 2.05) is 37.3 Å². The summed E-state index contributed by atoms with van der Waals surface area (Å²) in [5.41, 5.74) is 1.45. The van der Waals surface area contributed by atoms with Gasteiger partial charge in [0.25, 0.3) is 5.69 Å². The number of benzene rings is 2. The lowest BCUT2D eigenvalue weighted by Crippen LogP contribution is -2.37. The number of nitro groups is 1. The van der Waals surface area contributed by atoms with E-state index in [4.69, 9.17) is 0 Å². The molecule has 0 aromatic heterocycles. The van der Waals surface area contributed by atoms with Crippen LogP contribution in [0, 0.1) is 10.1 Å². The number of rotatable bonds is 7. The molecule has 6 nitrogen and oxygen atoms in total. The Balaban J connectivity index is 2.18. The van der Waals surface area contributed by atoms with Gasteiger partial charge in [0.1, 0.15) is 0 Å². The molecular weight excluding hydrogens is 388 g/mol. The molecule has 7 heteroatoms. The number of aliphatic hydroxyl groups is 1. The molecule has 0 saturated carbocycles. The Hall–Kier alpha value is -2.25. The van der Waals surface area contributed by atoms with E-state index in [1.54, 1.807) is 4.90 Å². The van der Waals surface area contributed by atoms with Gasteiger partial charge in [-0.25, -0.2) is 0 Å². The zero-order valence-corrected chi connectivity index (χ0v) is 15.3. The number of halogens is 1. The third kappa shape index (κ3) is 4.87. The maximum absolute atomic E-state index is 12.3. The van der Waals surface area contributed by atoms with Crippen molar-refractivity contribution in [2.75, 3.05) is 11.9 Å². The number of nitro benzene ring substituents is 1. The lowest BCUT2D eigenvalue weighted by atomic mass is 10.0. The second-order valence-corrected chi connectivity index (χ2v) is 6.19. The van der Waals surface area contributed by atoms with E-state index < -0.39 is 11.0 Å². The lowest BCUT2D eigenvalue weighted by molar-refractivity contribution is -0.384. The summed E-state index contributed by atoms with van der Waals surface area (Å²) in [4.78, 5) is 24.1. The smallest absolute Gasteiger partial charge is 0.269 e. The van der Waals surface area contributed by atoms with E-state index in [9.17, 15) is 20.0 Å². The van der Waals surface area contributed by atoms with Gasteiger partial charge in [0.2, 0.25) is 5.91 Å². The summed E-state index contributed by atoms with van der Waals surface area (Å²) < 4.78 is 0. The Morgan fingerprint density at radius 2 is 1.76 bits per heavy atom. The number of hydrogen-bond acceptors (Lipinski definition) is 4. The topological polar surface area (TPSA) is 83.7 Å². The van der Waals surface area contributed by atoms with E-state index >= 15 is 0 Å². The van der Waals surface area contributed by atoms with E-state index in [1.165, 1.54) is 24.3 Å². The molecule has 0 saturated heterocycles. The van der Waals surface area contributed by atoms with Crippen molar-refractivity contribution in [1.29, 1.82) is 0 Å². The average Bonchev–Trinajstić information content (AvgIpc) is 2.65. The molecule has 2 atom stereocenters. The number of amides is 1. The van der Waals surface area contributed by atoms with Crippen molar-refractivity contribution >= 4 is 27.5 Å². The number of aliphatic hydroxyl groups excluding tert-OH is 1. The van der Waals surface area contributed by atoms with Crippen LogP contribution in [0.3, 0.4) is 0 Å². The van der Waals surface area contributed by atoms with Crippen LogP contribution in [-0.4, -0.2) is 32.7 Å². The van der Waals surface area contributed by atoms with Gasteiger partial charge in [-0.1, -0.05) is 46.3 Å².